The van der Waals surface area contributed by atoms with E-state index in [0.29, 0.717) is 12.4 Å². The zero-order valence-corrected chi connectivity index (χ0v) is 10.5. The molecule has 1 N–H and O–H groups in total. The lowest BCUT2D eigenvalue weighted by Crippen LogP contribution is -2.26. The Bertz CT molecular complexity index is 627. The minimum atomic E-state index is -0.210. The molecule has 0 saturated heterocycles. The van der Waals surface area contributed by atoms with Crippen LogP contribution >= 0.6 is 0 Å². The summed E-state index contributed by atoms with van der Waals surface area (Å²) < 4.78 is 3.76. The van der Waals surface area contributed by atoms with Crippen LogP contribution in [0.3, 0.4) is 0 Å². The Hall–Kier alpha value is -1.85. The van der Waals surface area contributed by atoms with Crippen LogP contribution in [0.1, 0.15) is 26.2 Å². The first-order valence-corrected chi connectivity index (χ1v) is 6.51. The second-order valence-corrected chi connectivity index (χ2v) is 4.64. The van der Waals surface area contributed by atoms with Crippen LogP contribution in [-0.4, -0.2) is 25.6 Å². The number of imidazole rings is 1. The number of nitrogens with one attached hydrogen (secondary N) is 1. The third-order valence-corrected chi connectivity index (χ3v) is 3.30. The monoisotopic (exact) mass is 247 g/mol. The van der Waals surface area contributed by atoms with Crippen molar-refractivity contribution in [2.24, 2.45) is 0 Å². The molecule has 6 heteroatoms. The molecule has 0 spiro atoms. The summed E-state index contributed by atoms with van der Waals surface area (Å²) in [5.74, 6) is 0.680. The summed E-state index contributed by atoms with van der Waals surface area (Å²) in [6.45, 7) is 4.52. The third kappa shape index (κ3) is 1.68. The molecule has 18 heavy (non-hydrogen) atoms. The molecule has 0 atom stereocenters. The Morgan fingerprint density at radius 2 is 2.33 bits per heavy atom. The van der Waals surface area contributed by atoms with Crippen LogP contribution in [0.2, 0.25) is 0 Å². The fourth-order valence-electron chi connectivity index (χ4n) is 2.44. The van der Waals surface area contributed by atoms with Gasteiger partial charge in [-0.05, 0) is 19.3 Å². The summed E-state index contributed by atoms with van der Waals surface area (Å²) in [5.41, 5.74) is 1.50. The molecule has 96 valence electrons. The first-order valence-electron chi connectivity index (χ1n) is 6.51. The zero-order valence-electron chi connectivity index (χ0n) is 10.5. The number of hydrogen-bond donors (Lipinski definition) is 1. The van der Waals surface area contributed by atoms with Gasteiger partial charge in [0.1, 0.15) is 5.52 Å². The molecular formula is C12H17N5O. The Morgan fingerprint density at radius 3 is 3.17 bits per heavy atom. The van der Waals surface area contributed by atoms with Crippen molar-refractivity contribution >= 4 is 17.0 Å². The van der Waals surface area contributed by atoms with Gasteiger partial charge in [0.25, 0.3) is 0 Å². The fourth-order valence-corrected chi connectivity index (χ4v) is 2.44. The van der Waals surface area contributed by atoms with Crippen LogP contribution in [-0.2, 0) is 13.1 Å². The van der Waals surface area contributed by atoms with E-state index in [9.17, 15) is 4.79 Å². The van der Waals surface area contributed by atoms with E-state index < -0.39 is 0 Å². The van der Waals surface area contributed by atoms with Gasteiger partial charge in [0.05, 0.1) is 6.33 Å². The number of anilines is 1. The van der Waals surface area contributed by atoms with Crippen molar-refractivity contribution < 1.29 is 0 Å². The first kappa shape index (κ1) is 11.3. The molecule has 6 nitrogen and oxygen atoms in total. The van der Waals surface area contributed by atoms with Gasteiger partial charge in [0.15, 0.2) is 11.5 Å². The lowest BCUT2D eigenvalue weighted by molar-refractivity contribution is 0.621. The Kier molecular flexibility index (Phi) is 2.77. The summed E-state index contributed by atoms with van der Waals surface area (Å²) >= 11 is 0. The Morgan fingerprint density at radius 1 is 1.44 bits per heavy atom. The summed E-state index contributed by atoms with van der Waals surface area (Å²) in [4.78, 5) is 20.6. The standard InChI is InChI=1S/C12H17N5O/c1-2-6-17-11-9-10(15-12(17)18)13-5-3-4-7-16(9)8-14-11/h8H,2-7H2,1H3,(H,13,15,18). The maximum absolute atomic E-state index is 12.0. The van der Waals surface area contributed by atoms with Gasteiger partial charge < -0.3 is 9.88 Å². The Balaban J connectivity index is 2.29. The van der Waals surface area contributed by atoms with Crippen LogP contribution in [0.15, 0.2) is 11.1 Å². The minimum absolute atomic E-state index is 0.210. The van der Waals surface area contributed by atoms with E-state index in [0.717, 1.165) is 43.5 Å². The quantitative estimate of drug-likeness (QED) is 0.866. The molecule has 0 aromatic carbocycles. The van der Waals surface area contributed by atoms with Crippen LogP contribution < -0.4 is 11.0 Å². The molecule has 0 fully saturated rings. The van der Waals surface area contributed by atoms with E-state index >= 15 is 0 Å². The first-order chi connectivity index (χ1) is 8.81. The van der Waals surface area contributed by atoms with Gasteiger partial charge in [0.2, 0.25) is 0 Å². The summed E-state index contributed by atoms with van der Waals surface area (Å²) in [7, 11) is 0. The lowest BCUT2D eigenvalue weighted by atomic mass is 10.2. The van der Waals surface area contributed by atoms with E-state index in [1.807, 2.05) is 13.3 Å². The van der Waals surface area contributed by atoms with Crippen molar-refractivity contribution in [1.29, 1.82) is 0 Å². The van der Waals surface area contributed by atoms with Crippen LogP contribution in [0.25, 0.3) is 11.2 Å². The third-order valence-electron chi connectivity index (χ3n) is 3.30. The number of rotatable bonds is 2. The number of hydrogen-bond acceptors (Lipinski definition) is 4. The predicted molar refractivity (Wildman–Crippen MR) is 69.8 cm³/mol. The SMILES string of the molecule is CCCn1c(=O)nc2c3c1ncn3CCCCN2. The molecule has 1 aliphatic heterocycles. The van der Waals surface area contributed by atoms with Gasteiger partial charge in [-0.2, -0.15) is 4.98 Å². The molecule has 1 aliphatic rings. The summed E-state index contributed by atoms with van der Waals surface area (Å²) in [5, 5.41) is 3.24. The highest BCUT2D eigenvalue weighted by Gasteiger charge is 2.16. The maximum Gasteiger partial charge on any atom is 0.351 e. The van der Waals surface area contributed by atoms with Crippen molar-refractivity contribution in [3.63, 3.8) is 0 Å². The van der Waals surface area contributed by atoms with E-state index in [4.69, 9.17) is 0 Å². The molecule has 3 rings (SSSR count). The number of nitrogens with zero attached hydrogens (tertiary/aromatic N) is 4. The average Bonchev–Trinajstić information content (AvgIpc) is 2.74. The molecule has 0 unspecified atom stereocenters. The molecular weight excluding hydrogens is 230 g/mol. The van der Waals surface area contributed by atoms with Gasteiger partial charge in [-0.15, -0.1) is 0 Å². The fraction of sp³-hybridized carbons (Fsp3) is 0.583. The maximum atomic E-state index is 12.0. The van der Waals surface area contributed by atoms with Crippen molar-refractivity contribution in [1.82, 2.24) is 19.1 Å². The molecule has 3 heterocycles. The van der Waals surface area contributed by atoms with Gasteiger partial charge >= 0.3 is 5.69 Å². The van der Waals surface area contributed by atoms with Crippen molar-refractivity contribution in [2.45, 2.75) is 39.3 Å². The Labute approximate surface area is 105 Å². The normalized spacial score (nSPS) is 15.2. The molecule has 0 radical (unpaired) electrons. The highest BCUT2D eigenvalue weighted by Crippen LogP contribution is 2.21. The molecule has 0 aliphatic carbocycles. The van der Waals surface area contributed by atoms with Crippen LogP contribution in [0.5, 0.6) is 0 Å². The van der Waals surface area contributed by atoms with Gasteiger partial charge in [-0.25, -0.2) is 9.78 Å². The molecule has 0 amide bonds. The zero-order chi connectivity index (χ0) is 12.5. The smallest absolute Gasteiger partial charge is 0.351 e. The summed E-state index contributed by atoms with van der Waals surface area (Å²) in [6.07, 6.45) is 4.91. The van der Waals surface area contributed by atoms with Crippen molar-refractivity contribution in [2.75, 3.05) is 11.9 Å². The second kappa shape index (κ2) is 4.44. The van der Waals surface area contributed by atoms with Gasteiger partial charge in [-0.3, -0.25) is 4.57 Å². The van der Waals surface area contributed by atoms with E-state index in [2.05, 4.69) is 19.9 Å². The largest absolute Gasteiger partial charge is 0.368 e. The highest BCUT2D eigenvalue weighted by molar-refractivity contribution is 5.83. The molecule has 0 bridgehead atoms. The molecule has 2 aromatic heterocycles. The predicted octanol–water partition coefficient (Wildman–Crippen LogP) is 1.21. The van der Waals surface area contributed by atoms with Crippen LogP contribution in [0, 0.1) is 0 Å². The average molecular weight is 247 g/mol. The van der Waals surface area contributed by atoms with Crippen LogP contribution in [0.4, 0.5) is 5.82 Å². The van der Waals surface area contributed by atoms with E-state index in [1.165, 1.54) is 0 Å². The minimum Gasteiger partial charge on any atom is -0.368 e. The van der Waals surface area contributed by atoms with E-state index in [1.54, 1.807) is 4.57 Å². The molecule has 2 aromatic rings. The topological polar surface area (TPSA) is 64.7 Å². The highest BCUT2D eigenvalue weighted by atomic mass is 16.1. The number of aromatic nitrogens is 4. The number of aryl methyl sites for hydroxylation is 2. The van der Waals surface area contributed by atoms with E-state index in [-0.39, 0.29) is 5.69 Å². The lowest BCUT2D eigenvalue weighted by Gasteiger charge is -2.15. The summed E-state index contributed by atoms with van der Waals surface area (Å²) in [6, 6.07) is 0. The van der Waals surface area contributed by atoms with Gasteiger partial charge in [0, 0.05) is 19.6 Å². The van der Waals surface area contributed by atoms with Gasteiger partial charge in [-0.1, -0.05) is 6.92 Å². The van der Waals surface area contributed by atoms with Crippen molar-refractivity contribution in [3.8, 4) is 0 Å². The molecule has 0 saturated carbocycles. The van der Waals surface area contributed by atoms with Crippen molar-refractivity contribution in [3.05, 3.63) is 16.8 Å². The second-order valence-electron chi connectivity index (χ2n) is 4.64.